The number of nitrogens with zero attached hydrogens (tertiary/aromatic N) is 5. The van der Waals surface area contributed by atoms with Gasteiger partial charge >= 0.3 is 0 Å². The maximum Gasteiger partial charge on any atom is 0.280 e. The van der Waals surface area contributed by atoms with E-state index >= 15 is 0 Å². The van der Waals surface area contributed by atoms with Crippen molar-refractivity contribution < 1.29 is 5.11 Å². The summed E-state index contributed by atoms with van der Waals surface area (Å²) in [6.45, 7) is 0.186. The molecule has 0 amide bonds. The van der Waals surface area contributed by atoms with Gasteiger partial charge in [0.05, 0.1) is 24.0 Å². The lowest BCUT2D eigenvalue weighted by Gasteiger charge is -2.31. The Hall–Kier alpha value is -2.54. The zero-order chi connectivity index (χ0) is 16.6. The molecule has 1 saturated carbocycles. The molecule has 24 heavy (non-hydrogen) atoms. The molecule has 0 saturated heterocycles. The van der Waals surface area contributed by atoms with Crippen molar-refractivity contribution in [3.05, 3.63) is 46.9 Å². The first-order valence-corrected chi connectivity index (χ1v) is 8.26. The van der Waals surface area contributed by atoms with Crippen LogP contribution in [0.4, 0.5) is 0 Å². The Kier molecular flexibility index (Phi) is 3.65. The molecule has 0 aliphatic heterocycles. The second-order valence-corrected chi connectivity index (χ2v) is 6.47. The van der Waals surface area contributed by atoms with E-state index in [0.29, 0.717) is 23.9 Å². The maximum atomic E-state index is 12.7. The predicted molar refractivity (Wildman–Crippen MR) is 89.0 cm³/mol. The summed E-state index contributed by atoms with van der Waals surface area (Å²) in [6.07, 6.45) is 6.00. The number of hydrogen-bond acceptors (Lipinski definition) is 5. The van der Waals surface area contributed by atoms with Crippen LogP contribution in [0.5, 0.6) is 0 Å². The molecule has 1 aliphatic rings. The van der Waals surface area contributed by atoms with E-state index in [1.165, 1.54) is 10.9 Å². The van der Waals surface area contributed by atoms with Crippen molar-refractivity contribution in [1.82, 2.24) is 24.8 Å². The molecule has 0 spiro atoms. The van der Waals surface area contributed by atoms with Crippen molar-refractivity contribution in [1.29, 1.82) is 0 Å². The van der Waals surface area contributed by atoms with Crippen LogP contribution < -0.4 is 5.56 Å². The zero-order valence-corrected chi connectivity index (χ0v) is 13.3. The number of benzene rings is 1. The van der Waals surface area contributed by atoms with Crippen molar-refractivity contribution in [2.24, 2.45) is 0 Å². The molecule has 124 valence electrons. The molecule has 1 aromatic carbocycles. The van der Waals surface area contributed by atoms with E-state index in [4.69, 9.17) is 0 Å². The smallest absolute Gasteiger partial charge is 0.280 e. The average molecular weight is 325 g/mol. The molecule has 2 aromatic heterocycles. The van der Waals surface area contributed by atoms with Gasteiger partial charge in [-0.1, -0.05) is 42.7 Å². The summed E-state index contributed by atoms with van der Waals surface area (Å²) in [7, 11) is 0. The molecule has 1 N–H and O–H groups in total. The third-order valence-corrected chi connectivity index (χ3v) is 4.69. The molecular weight excluding hydrogens is 306 g/mol. The minimum absolute atomic E-state index is 0.186. The Morgan fingerprint density at radius 3 is 2.62 bits per heavy atom. The van der Waals surface area contributed by atoms with E-state index in [-0.39, 0.29) is 12.1 Å². The Balaban J connectivity index is 1.73. The van der Waals surface area contributed by atoms with E-state index in [1.54, 1.807) is 4.68 Å². The molecule has 1 fully saturated rings. The summed E-state index contributed by atoms with van der Waals surface area (Å²) < 4.78 is 2.87. The van der Waals surface area contributed by atoms with Gasteiger partial charge < -0.3 is 5.11 Å². The summed E-state index contributed by atoms with van der Waals surface area (Å²) in [4.78, 5) is 12.7. The van der Waals surface area contributed by atoms with Crippen molar-refractivity contribution in [3.63, 3.8) is 0 Å². The summed E-state index contributed by atoms with van der Waals surface area (Å²) in [5, 5.41) is 23.6. The molecule has 0 atom stereocenters. The average Bonchev–Trinajstić information content (AvgIpc) is 3.03. The Bertz CT molecular complexity index is 910. The first-order chi connectivity index (χ1) is 11.7. The third-order valence-electron chi connectivity index (χ3n) is 4.69. The van der Waals surface area contributed by atoms with E-state index in [2.05, 4.69) is 15.4 Å². The monoisotopic (exact) mass is 325 g/mol. The minimum atomic E-state index is -0.861. The molecule has 0 radical (unpaired) electrons. The SMILES string of the molecule is O=c1c2cnn(-c3ccccc3)c2nnn1CC1(O)CCCCC1. The summed E-state index contributed by atoms with van der Waals surface area (Å²) >= 11 is 0. The number of aromatic nitrogens is 5. The highest BCUT2D eigenvalue weighted by molar-refractivity contribution is 5.74. The van der Waals surface area contributed by atoms with Crippen LogP contribution in [0.25, 0.3) is 16.7 Å². The van der Waals surface area contributed by atoms with Gasteiger partial charge in [-0.2, -0.15) is 5.10 Å². The highest BCUT2D eigenvalue weighted by atomic mass is 16.3. The molecule has 3 aromatic rings. The van der Waals surface area contributed by atoms with Gasteiger partial charge in [-0.05, 0) is 25.0 Å². The number of fused-ring (bicyclic) bond motifs is 1. The number of hydrogen-bond donors (Lipinski definition) is 1. The van der Waals surface area contributed by atoms with Gasteiger partial charge in [0.25, 0.3) is 5.56 Å². The van der Waals surface area contributed by atoms with Gasteiger partial charge in [-0.15, -0.1) is 5.10 Å². The third kappa shape index (κ3) is 2.60. The first-order valence-electron chi connectivity index (χ1n) is 8.26. The lowest BCUT2D eigenvalue weighted by Crippen LogP contribution is -2.40. The van der Waals surface area contributed by atoms with Crippen molar-refractivity contribution in [3.8, 4) is 5.69 Å². The number of para-hydroxylation sites is 1. The van der Waals surface area contributed by atoms with E-state index in [1.807, 2.05) is 30.3 Å². The van der Waals surface area contributed by atoms with Crippen LogP contribution in [0.15, 0.2) is 41.3 Å². The van der Waals surface area contributed by atoms with Crippen LogP contribution in [0.3, 0.4) is 0 Å². The lowest BCUT2D eigenvalue weighted by molar-refractivity contribution is -0.0159. The molecule has 1 aliphatic carbocycles. The van der Waals surface area contributed by atoms with Crippen LogP contribution in [-0.2, 0) is 6.54 Å². The normalized spacial score (nSPS) is 17.2. The van der Waals surface area contributed by atoms with Gasteiger partial charge in [0.2, 0.25) is 0 Å². The highest BCUT2D eigenvalue weighted by Gasteiger charge is 2.31. The van der Waals surface area contributed by atoms with E-state index in [0.717, 1.165) is 24.9 Å². The van der Waals surface area contributed by atoms with Gasteiger partial charge in [0.1, 0.15) is 5.39 Å². The topological polar surface area (TPSA) is 85.8 Å². The molecule has 7 nitrogen and oxygen atoms in total. The van der Waals surface area contributed by atoms with Crippen molar-refractivity contribution >= 4 is 11.0 Å². The molecule has 7 heteroatoms. The van der Waals surface area contributed by atoms with E-state index < -0.39 is 5.60 Å². The zero-order valence-electron chi connectivity index (χ0n) is 13.3. The lowest BCUT2D eigenvalue weighted by atomic mass is 9.85. The van der Waals surface area contributed by atoms with Crippen molar-refractivity contribution in [2.75, 3.05) is 0 Å². The van der Waals surface area contributed by atoms with Gasteiger partial charge in [-0.3, -0.25) is 4.79 Å². The van der Waals surface area contributed by atoms with Gasteiger partial charge in [0, 0.05) is 0 Å². The van der Waals surface area contributed by atoms with Crippen LogP contribution >= 0.6 is 0 Å². The molecule has 2 heterocycles. The summed E-state index contributed by atoms with van der Waals surface area (Å²) in [6, 6.07) is 9.50. The molecule has 4 rings (SSSR count). The van der Waals surface area contributed by atoms with E-state index in [9.17, 15) is 9.90 Å². The summed E-state index contributed by atoms with van der Waals surface area (Å²) in [5.74, 6) is 0. The first kappa shape index (κ1) is 15.0. The fourth-order valence-electron chi connectivity index (χ4n) is 3.37. The number of rotatable bonds is 3. The van der Waals surface area contributed by atoms with Crippen LogP contribution in [0, 0.1) is 0 Å². The van der Waals surface area contributed by atoms with Crippen LogP contribution in [0.1, 0.15) is 32.1 Å². The maximum absolute atomic E-state index is 12.7. The summed E-state index contributed by atoms with van der Waals surface area (Å²) in [5.41, 5.74) is 0.129. The Labute approximate surface area is 138 Å². The fourth-order valence-corrected chi connectivity index (χ4v) is 3.37. The quantitative estimate of drug-likeness (QED) is 0.792. The highest BCUT2D eigenvalue weighted by Crippen LogP contribution is 2.28. The second kappa shape index (κ2) is 5.83. The second-order valence-electron chi connectivity index (χ2n) is 6.47. The fraction of sp³-hybridized carbons (Fsp3) is 0.412. The van der Waals surface area contributed by atoms with Crippen molar-refractivity contribution in [2.45, 2.75) is 44.2 Å². The largest absolute Gasteiger partial charge is 0.388 e. The van der Waals surface area contributed by atoms with Crippen LogP contribution in [0.2, 0.25) is 0 Å². The standard InChI is InChI=1S/C17H19N5O2/c23-16-14-11-18-22(13-7-3-1-4-8-13)15(14)19-20-21(16)12-17(24)9-5-2-6-10-17/h1,3-4,7-8,11,24H,2,5-6,9-10,12H2. The number of aliphatic hydroxyl groups is 1. The van der Waals surface area contributed by atoms with Gasteiger partial charge in [0.15, 0.2) is 5.65 Å². The molecular formula is C17H19N5O2. The Morgan fingerprint density at radius 1 is 1.12 bits per heavy atom. The Morgan fingerprint density at radius 2 is 1.88 bits per heavy atom. The molecule has 0 unspecified atom stereocenters. The minimum Gasteiger partial charge on any atom is -0.388 e. The van der Waals surface area contributed by atoms with Crippen LogP contribution in [-0.4, -0.2) is 35.5 Å². The predicted octanol–water partition coefficient (Wildman–Crippen LogP) is 1.67. The molecule has 0 bridgehead atoms. The van der Waals surface area contributed by atoms with Gasteiger partial charge in [-0.25, -0.2) is 9.36 Å².